The average molecular weight is 364 g/mol. The molecule has 0 saturated heterocycles. The van der Waals surface area contributed by atoms with Crippen molar-refractivity contribution in [2.45, 2.75) is 19.2 Å². The molecule has 0 bridgehead atoms. The van der Waals surface area contributed by atoms with Crippen LogP contribution in [0.4, 0.5) is 24.5 Å². The van der Waals surface area contributed by atoms with Gasteiger partial charge in [-0.25, -0.2) is 0 Å². The molecule has 8 heteroatoms. The number of hydrogen-bond acceptors (Lipinski definition) is 3. The van der Waals surface area contributed by atoms with Gasteiger partial charge in [-0.3, -0.25) is 9.59 Å². The second-order valence-electron chi connectivity index (χ2n) is 5.77. The number of rotatable bonds is 2. The third-order valence-corrected chi connectivity index (χ3v) is 3.93. The fourth-order valence-corrected chi connectivity index (χ4v) is 2.63. The molecule has 5 nitrogen and oxygen atoms in total. The largest absolute Gasteiger partial charge is 0.476 e. The Balaban J connectivity index is 1.75. The highest BCUT2D eigenvalue weighted by atomic mass is 19.4. The van der Waals surface area contributed by atoms with Crippen LogP contribution in [0.1, 0.15) is 12.5 Å². The first-order valence-electron chi connectivity index (χ1n) is 7.77. The first-order chi connectivity index (χ1) is 12.3. The van der Waals surface area contributed by atoms with Crippen molar-refractivity contribution in [1.82, 2.24) is 0 Å². The summed E-state index contributed by atoms with van der Waals surface area (Å²) in [5.74, 6) is -0.403. The van der Waals surface area contributed by atoms with Crippen LogP contribution < -0.4 is 15.0 Å². The first kappa shape index (κ1) is 17.8. The van der Waals surface area contributed by atoms with Crippen LogP contribution in [0, 0.1) is 0 Å². The molecule has 2 aromatic rings. The maximum atomic E-state index is 12.6. The van der Waals surface area contributed by atoms with Crippen molar-refractivity contribution in [1.29, 1.82) is 0 Å². The van der Waals surface area contributed by atoms with Crippen LogP contribution in [0.3, 0.4) is 0 Å². The molecule has 3 rings (SSSR count). The van der Waals surface area contributed by atoms with E-state index in [4.69, 9.17) is 4.74 Å². The molecule has 1 aliphatic heterocycles. The summed E-state index contributed by atoms with van der Waals surface area (Å²) in [4.78, 5) is 25.7. The monoisotopic (exact) mass is 364 g/mol. The van der Waals surface area contributed by atoms with Gasteiger partial charge in [0.05, 0.1) is 17.8 Å². The molecule has 136 valence electrons. The van der Waals surface area contributed by atoms with Gasteiger partial charge in [-0.1, -0.05) is 12.1 Å². The number of para-hydroxylation sites is 2. The second kappa shape index (κ2) is 6.70. The Bertz CT molecular complexity index is 834. The number of carbonyl (C=O) groups is 2. The number of ether oxygens (including phenoxy) is 1. The minimum absolute atomic E-state index is 0.0127. The summed E-state index contributed by atoms with van der Waals surface area (Å²) < 4.78 is 43.4. The molecule has 0 aromatic heterocycles. The fraction of sp³-hybridized carbons (Fsp3) is 0.222. The number of anilines is 2. The molecular formula is C18H15F3N2O3. The molecule has 1 atom stereocenters. The molecule has 0 spiro atoms. The van der Waals surface area contributed by atoms with E-state index < -0.39 is 23.8 Å². The highest BCUT2D eigenvalue weighted by Gasteiger charge is 2.33. The van der Waals surface area contributed by atoms with Crippen molar-refractivity contribution in [3.8, 4) is 5.75 Å². The summed E-state index contributed by atoms with van der Waals surface area (Å²) in [6.45, 7) is 1.39. The van der Waals surface area contributed by atoms with Gasteiger partial charge >= 0.3 is 6.18 Å². The molecule has 0 saturated carbocycles. The summed E-state index contributed by atoms with van der Waals surface area (Å²) in [7, 11) is 0. The molecule has 1 unspecified atom stereocenters. The van der Waals surface area contributed by atoms with E-state index in [0.29, 0.717) is 11.4 Å². The Morgan fingerprint density at radius 3 is 2.38 bits per heavy atom. The van der Waals surface area contributed by atoms with Gasteiger partial charge in [0.2, 0.25) is 5.91 Å². The van der Waals surface area contributed by atoms with Gasteiger partial charge < -0.3 is 15.0 Å². The molecule has 0 radical (unpaired) electrons. The minimum Gasteiger partial charge on any atom is -0.476 e. The van der Waals surface area contributed by atoms with Crippen LogP contribution >= 0.6 is 0 Å². The third kappa shape index (κ3) is 3.63. The number of alkyl halides is 3. The molecule has 0 aliphatic carbocycles. The van der Waals surface area contributed by atoms with Crippen LogP contribution in [0.25, 0.3) is 0 Å². The van der Waals surface area contributed by atoms with Crippen molar-refractivity contribution >= 4 is 23.2 Å². The Morgan fingerprint density at radius 2 is 1.77 bits per heavy atom. The van der Waals surface area contributed by atoms with Gasteiger partial charge in [-0.2, -0.15) is 13.2 Å². The van der Waals surface area contributed by atoms with E-state index in [-0.39, 0.29) is 18.1 Å². The number of nitrogens with one attached hydrogen (secondary N) is 1. The molecule has 2 amide bonds. The van der Waals surface area contributed by atoms with Crippen molar-refractivity contribution in [3.05, 3.63) is 54.1 Å². The molecule has 1 aliphatic rings. The molecule has 26 heavy (non-hydrogen) atoms. The SMILES string of the molecule is CC(=O)N1CC(C(=O)Nc2ccc(C(F)(F)F)cc2)Oc2ccccc21. The Hall–Kier alpha value is -3.03. The lowest BCUT2D eigenvalue weighted by molar-refractivity contribution is -0.137. The summed E-state index contributed by atoms with van der Waals surface area (Å²) in [6, 6.07) is 10.9. The number of halogens is 3. The zero-order valence-electron chi connectivity index (χ0n) is 13.7. The Morgan fingerprint density at radius 1 is 1.12 bits per heavy atom. The lowest BCUT2D eigenvalue weighted by atomic mass is 10.1. The maximum Gasteiger partial charge on any atom is 0.416 e. The van der Waals surface area contributed by atoms with E-state index in [1.54, 1.807) is 24.3 Å². The Kier molecular flexibility index (Phi) is 4.58. The van der Waals surface area contributed by atoms with Crippen LogP contribution in [-0.2, 0) is 15.8 Å². The van der Waals surface area contributed by atoms with E-state index in [2.05, 4.69) is 5.32 Å². The van der Waals surface area contributed by atoms with Gasteiger partial charge in [0, 0.05) is 12.6 Å². The molecule has 0 fully saturated rings. The maximum absolute atomic E-state index is 12.6. The number of hydrogen-bond donors (Lipinski definition) is 1. The fourth-order valence-electron chi connectivity index (χ4n) is 2.63. The van der Waals surface area contributed by atoms with E-state index in [9.17, 15) is 22.8 Å². The summed E-state index contributed by atoms with van der Waals surface area (Å²) in [5, 5.41) is 2.51. The topological polar surface area (TPSA) is 58.6 Å². The van der Waals surface area contributed by atoms with Crippen LogP contribution in [0.5, 0.6) is 5.75 Å². The number of carbonyl (C=O) groups excluding carboxylic acids is 2. The van der Waals surface area contributed by atoms with Crippen molar-refractivity contribution in [3.63, 3.8) is 0 Å². The summed E-state index contributed by atoms with van der Waals surface area (Å²) >= 11 is 0. The quantitative estimate of drug-likeness (QED) is 0.888. The van der Waals surface area contributed by atoms with Crippen LogP contribution in [-0.4, -0.2) is 24.5 Å². The molecular weight excluding hydrogens is 349 g/mol. The molecule has 1 heterocycles. The Labute approximate surface area is 147 Å². The standard InChI is InChI=1S/C18H15F3N2O3/c1-11(24)23-10-16(26-15-5-3-2-4-14(15)23)17(25)22-13-8-6-12(7-9-13)18(19,20)21/h2-9,16H,10H2,1H3,(H,22,25). The summed E-state index contributed by atoms with van der Waals surface area (Å²) in [5.41, 5.74) is -0.0282. The van der Waals surface area contributed by atoms with E-state index >= 15 is 0 Å². The number of nitrogens with zero attached hydrogens (tertiary/aromatic N) is 1. The van der Waals surface area contributed by atoms with Crippen LogP contribution in [0.2, 0.25) is 0 Å². The molecule has 2 aromatic carbocycles. The van der Waals surface area contributed by atoms with Crippen molar-refractivity contribution in [2.24, 2.45) is 0 Å². The number of benzene rings is 2. The molecule has 1 N–H and O–H groups in total. The summed E-state index contributed by atoms with van der Waals surface area (Å²) in [6.07, 6.45) is -5.42. The third-order valence-electron chi connectivity index (χ3n) is 3.93. The highest BCUT2D eigenvalue weighted by molar-refractivity contribution is 5.99. The van der Waals surface area contributed by atoms with Gasteiger partial charge in [0.1, 0.15) is 5.75 Å². The lowest BCUT2D eigenvalue weighted by Crippen LogP contribution is -2.48. The van der Waals surface area contributed by atoms with Gasteiger partial charge in [-0.05, 0) is 36.4 Å². The van der Waals surface area contributed by atoms with Gasteiger partial charge in [-0.15, -0.1) is 0 Å². The predicted octanol–water partition coefficient (Wildman–Crippen LogP) is 3.46. The second-order valence-corrected chi connectivity index (χ2v) is 5.77. The number of amides is 2. The van der Waals surface area contributed by atoms with E-state index in [0.717, 1.165) is 12.1 Å². The highest BCUT2D eigenvalue weighted by Crippen LogP contribution is 2.33. The van der Waals surface area contributed by atoms with E-state index in [1.807, 2.05) is 0 Å². The normalized spacial score (nSPS) is 16.5. The average Bonchev–Trinajstić information content (AvgIpc) is 2.60. The minimum atomic E-state index is -4.44. The van der Waals surface area contributed by atoms with E-state index in [1.165, 1.54) is 24.0 Å². The van der Waals surface area contributed by atoms with Gasteiger partial charge in [0.25, 0.3) is 5.91 Å². The van der Waals surface area contributed by atoms with Crippen LogP contribution in [0.15, 0.2) is 48.5 Å². The predicted molar refractivity (Wildman–Crippen MR) is 89.0 cm³/mol. The van der Waals surface area contributed by atoms with Gasteiger partial charge in [0.15, 0.2) is 6.10 Å². The van der Waals surface area contributed by atoms with Crippen molar-refractivity contribution < 1.29 is 27.5 Å². The smallest absolute Gasteiger partial charge is 0.416 e. The first-order valence-corrected chi connectivity index (χ1v) is 7.77. The van der Waals surface area contributed by atoms with Crippen molar-refractivity contribution in [2.75, 3.05) is 16.8 Å². The zero-order chi connectivity index (χ0) is 18.9. The zero-order valence-corrected chi connectivity index (χ0v) is 13.7. The lowest BCUT2D eigenvalue weighted by Gasteiger charge is -2.33. The number of fused-ring (bicyclic) bond motifs is 1.